The molecule has 1 amide bonds. The molecule has 1 N–H and O–H groups in total. The second-order valence-electron chi connectivity index (χ2n) is 7.84. The lowest BCUT2D eigenvalue weighted by Crippen LogP contribution is -2.50. The molecule has 142 valence electrons. The van der Waals surface area contributed by atoms with Gasteiger partial charge >= 0.3 is 0 Å². The van der Waals surface area contributed by atoms with Gasteiger partial charge < -0.3 is 5.32 Å². The van der Waals surface area contributed by atoms with Crippen molar-refractivity contribution in [2.75, 3.05) is 13.1 Å². The van der Waals surface area contributed by atoms with E-state index in [-0.39, 0.29) is 30.6 Å². The minimum absolute atomic E-state index is 0.0157. The lowest BCUT2D eigenvalue weighted by Gasteiger charge is -2.38. The number of amides is 1. The van der Waals surface area contributed by atoms with Crippen LogP contribution in [0.2, 0.25) is 0 Å². The van der Waals surface area contributed by atoms with Crippen molar-refractivity contribution in [2.45, 2.75) is 76.3 Å². The molecule has 1 aliphatic heterocycles. The predicted octanol–water partition coefficient (Wildman–Crippen LogP) is 3.95. The van der Waals surface area contributed by atoms with Crippen LogP contribution in [0.15, 0.2) is 30.3 Å². The lowest BCUT2D eigenvalue weighted by molar-refractivity contribution is -0.122. The van der Waals surface area contributed by atoms with Gasteiger partial charge in [0, 0.05) is 37.0 Å². The highest BCUT2D eigenvalue weighted by Crippen LogP contribution is 2.24. The molecule has 1 saturated heterocycles. The van der Waals surface area contributed by atoms with E-state index in [2.05, 4.69) is 10.2 Å². The van der Waals surface area contributed by atoms with Crippen molar-refractivity contribution in [3.63, 3.8) is 0 Å². The SMILES string of the molecule is O=C(CCC(=O)c1ccccc1)NC1CCCN(C2CCCCCC2)C1. The van der Waals surface area contributed by atoms with Gasteiger partial charge in [-0.25, -0.2) is 0 Å². The van der Waals surface area contributed by atoms with E-state index in [1.54, 1.807) is 0 Å². The number of nitrogens with zero attached hydrogens (tertiary/aromatic N) is 1. The van der Waals surface area contributed by atoms with Crippen molar-refractivity contribution in [3.8, 4) is 0 Å². The Morgan fingerprint density at radius 3 is 2.38 bits per heavy atom. The van der Waals surface area contributed by atoms with Crippen LogP contribution in [0.4, 0.5) is 0 Å². The van der Waals surface area contributed by atoms with E-state index in [0.717, 1.165) is 19.4 Å². The molecule has 26 heavy (non-hydrogen) atoms. The number of piperidine rings is 1. The van der Waals surface area contributed by atoms with Crippen LogP contribution in [0.3, 0.4) is 0 Å². The molecule has 0 bridgehead atoms. The van der Waals surface area contributed by atoms with E-state index in [1.165, 1.54) is 45.1 Å². The minimum Gasteiger partial charge on any atom is -0.352 e. The Morgan fingerprint density at radius 2 is 1.65 bits per heavy atom. The van der Waals surface area contributed by atoms with E-state index in [4.69, 9.17) is 0 Å². The molecule has 1 heterocycles. The molecule has 0 aromatic heterocycles. The summed E-state index contributed by atoms with van der Waals surface area (Å²) in [6, 6.07) is 10.2. The van der Waals surface area contributed by atoms with Crippen molar-refractivity contribution >= 4 is 11.7 Å². The number of rotatable bonds is 6. The molecular formula is C22H32N2O2. The molecule has 2 aliphatic rings. The molecule has 1 aromatic rings. The van der Waals surface area contributed by atoms with Gasteiger partial charge in [0.2, 0.25) is 5.91 Å². The van der Waals surface area contributed by atoms with Gasteiger partial charge in [-0.15, -0.1) is 0 Å². The first-order chi connectivity index (χ1) is 12.7. The van der Waals surface area contributed by atoms with E-state index in [0.29, 0.717) is 11.6 Å². The minimum atomic E-state index is 0.0157. The fraction of sp³-hybridized carbons (Fsp3) is 0.636. The van der Waals surface area contributed by atoms with Gasteiger partial charge in [0.25, 0.3) is 0 Å². The number of likely N-dealkylation sites (tertiary alicyclic amines) is 1. The zero-order chi connectivity index (χ0) is 18.2. The molecule has 1 aliphatic carbocycles. The molecule has 0 radical (unpaired) electrons. The molecule has 1 atom stereocenters. The second kappa shape index (κ2) is 9.86. The van der Waals surface area contributed by atoms with Crippen molar-refractivity contribution < 1.29 is 9.59 Å². The molecule has 1 aromatic carbocycles. The van der Waals surface area contributed by atoms with Gasteiger partial charge in [-0.05, 0) is 32.2 Å². The Kier molecular flexibility index (Phi) is 7.24. The van der Waals surface area contributed by atoms with E-state index in [1.807, 2.05) is 30.3 Å². The number of nitrogens with one attached hydrogen (secondary N) is 1. The zero-order valence-electron chi connectivity index (χ0n) is 15.8. The summed E-state index contributed by atoms with van der Waals surface area (Å²) in [6.07, 6.45) is 10.9. The maximum absolute atomic E-state index is 12.3. The van der Waals surface area contributed by atoms with Crippen LogP contribution < -0.4 is 5.32 Å². The molecule has 2 fully saturated rings. The van der Waals surface area contributed by atoms with E-state index < -0.39 is 0 Å². The first kappa shape index (κ1) is 19.1. The maximum Gasteiger partial charge on any atom is 0.220 e. The Bertz CT molecular complexity index is 579. The van der Waals surface area contributed by atoms with Crippen molar-refractivity contribution in [2.24, 2.45) is 0 Å². The molecule has 0 spiro atoms. The van der Waals surface area contributed by atoms with E-state index >= 15 is 0 Å². The lowest BCUT2D eigenvalue weighted by atomic mass is 9.99. The van der Waals surface area contributed by atoms with Gasteiger partial charge in [0.1, 0.15) is 0 Å². The largest absolute Gasteiger partial charge is 0.352 e. The number of carbonyl (C=O) groups excluding carboxylic acids is 2. The highest BCUT2D eigenvalue weighted by atomic mass is 16.2. The summed E-state index contributed by atoms with van der Waals surface area (Å²) < 4.78 is 0. The van der Waals surface area contributed by atoms with Crippen LogP contribution >= 0.6 is 0 Å². The van der Waals surface area contributed by atoms with Crippen molar-refractivity contribution in [3.05, 3.63) is 35.9 Å². The van der Waals surface area contributed by atoms with Gasteiger partial charge in [0.05, 0.1) is 0 Å². The molecule has 1 saturated carbocycles. The summed E-state index contributed by atoms with van der Waals surface area (Å²) >= 11 is 0. The standard InChI is InChI=1S/C22H32N2O2/c25-21(18-9-4-3-5-10-18)14-15-22(26)23-19-11-8-16-24(17-19)20-12-6-1-2-7-13-20/h3-5,9-10,19-20H,1-2,6-8,11-17H2,(H,23,26). The molecule has 3 rings (SSSR count). The van der Waals surface area contributed by atoms with Crippen molar-refractivity contribution in [1.82, 2.24) is 10.2 Å². The van der Waals surface area contributed by atoms with Gasteiger partial charge in [-0.1, -0.05) is 56.0 Å². The first-order valence-corrected chi connectivity index (χ1v) is 10.3. The smallest absolute Gasteiger partial charge is 0.220 e. The van der Waals surface area contributed by atoms with Gasteiger partial charge in [-0.3, -0.25) is 14.5 Å². The number of hydrogen-bond acceptors (Lipinski definition) is 3. The van der Waals surface area contributed by atoms with Crippen LogP contribution in [-0.4, -0.2) is 41.8 Å². The van der Waals surface area contributed by atoms with Crippen LogP contribution in [-0.2, 0) is 4.79 Å². The molecule has 1 unspecified atom stereocenters. The fourth-order valence-corrected chi connectivity index (χ4v) is 4.37. The number of ketones is 1. The molecule has 4 heteroatoms. The quantitative estimate of drug-likeness (QED) is 0.620. The summed E-state index contributed by atoms with van der Waals surface area (Å²) in [4.78, 5) is 27.1. The third kappa shape index (κ3) is 5.66. The monoisotopic (exact) mass is 356 g/mol. The number of Topliss-reactive ketones (excluding diaryl/α,β-unsaturated/α-hetero) is 1. The number of hydrogen-bond donors (Lipinski definition) is 1. The number of benzene rings is 1. The average Bonchev–Trinajstić information content (AvgIpc) is 2.96. The summed E-state index contributed by atoms with van der Waals surface area (Å²) in [6.45, 7) is 2.15. The maximum atomic E-state index is 12.3. The van der Waals surface area contributed by atoms with Crippen LogP contribution in [0.1, 0.15) is 74.6 Å². The summed E-state index contributed by atoms with van der Waals surface area (Å²) in [5.41, 5.74) is 0.692. The van der Waals surface area contributed by atoms with Gasteiger partial charge in [-0.2, -0.15) is 0 Å². The van der Waals surface area contributed by atoms with Gasteiger partial charge in [0.15, 0.2) is 5.78 Å². The third-order valence-electron chi connectivity index (χ3n) is 5.83. The Morgan fingerprint density at radius 1 is 0.923 bits per heavy atom. The highest BCUT2D eigenvalue weighted by molar-refractivity contribution is 5.97. The summed E-state index contributed by atoms with van der Waals surface area (Å²) in [7, 11) is 0. The fourth-order valence-electron chi connectivity index (χ4n) is 4.37. The normalized spacial score (nSPS) is 22.5. The molecule has 4 nitrogen and oxygen atoms in total. The zero-order valence-corrected chi connectivity index (χ0v) is 15.8. The first-order valence-electron chi connectivity index (χ1n) is 10.3. The Labute approximate surface area is 157 Å². The van der Waals surface area contributed by atoms with Crippen molar-refractivity contribution in [1.29, 1.82) is 0 Å². The Balaban J connectivity index is 1.42. The predicted molar refractivity (Wildman–Crippen MR) is 104 cm³/mol. The third-order valence-corrected chi connectivity index (χ3v) is 5.83. The highest BCUT2D eigenvalue weighted by Gasteiger charge is 2.27. The van der Waals surface area contributed by atoms with Crippen LogP contribution in [0, 0.1) is 0 Å². The van der Waals surface area contributed by atoms with Crippen LogP contribution in [0.25, 0.3) is 0 Å². The number of carbonyl (C=O) groups is 2. The molecular weight excluding hydrogens is 324 g/mol. The summed E-state index contributed by atoms with van der Waals surface area (Å²) in [5.74, 6) is 0.0615. The van der Waals surface area contributed by atoms with Crippen LogP contribution in [0.5, 0.6) is 0 Å². The average molecular weight is 357 g/mol. The topological polar surface area (TPSA) is 49.4 Å². The summed E-state index contributed by atoms with van der Waals surface area (Å²) in [5, 5.41) is 3.18. The van der Waals surface area contributed by atoms with E-state index in [9.17, 15) is 9.59 Å². The second-order valence-corrected chi connectivity index (χ2v) is 7.84. The Hall–Kier alpha value is -1.68.